The fourth-order valence-electron chi connectivity index (χ4n) is 4.11. The molecule has 0 aliphatic carbocycles. The molecular weight excluding hydrogens is 437 g/mol. The number of nitrogens with zero attached hydrogens (tertiary/aromatic N) is 2. The van der Waals surface area contributed by atoms with Crippen molar-refractivity contribution in [2.45, 2.75) is 29.5 Å². The van der Waals surface area contributed by atoms with Crippen molar-refractivity contribution in [3.8, 4) is 0 Å². The van der Waals surface area contributed by atoms with Crippen LogP contribution in [0.15, 0.2) is 57.3 Å². The molecule has 1 aliphatic rings. The van der Waals surface area contributed by atoms with Crippen molar-refractivity contribution in [1.82, 2.24) is 14.8 Å². The summed E-state index contributed by atoms with van der Waals surface area (Å²) in [6, 6.07) is 13.8. The average molecular weight is 460 g/mol. The van der Waals surface area contributed by atoms with Crippen molar-refractivity contribution >= 4 is 42.4 Å². The van der Waals surface area contributed by atoms with Gasteiger partial charge in [-0.1, -0.05) is 23.4 Å². The van der Waals surface area contributed by atoms with Crippen molar-refractivity contribution < 1.29 is 17.3 Å². The third-order valence-electron chi connectivity index (χ3n) is 5.66. The summed E-state index contributed by atoms with van der Waals surface area (Å²) in [7, 11) is -3.52. The molecule has 1 N–H and O–H groups in total. The van der Waals surface area contributed by atoms with E-state index in [4.69, 9.17) is 4.52 Å². The van der Waals surface area contributed by atoms with Crippen LogP contribution in [0.2, 0.25) is 0 Å². The van der Waals surface area contributed by atoms with Crippen molar-refractivity contribution in [1.29, 1.82) is 0 Å². The van der Waals surface area contributed by atoms with Crippen LogP contribution in [0.25, 0.3) is 21.1 Å². The zero-order chi connectivity index (χ0) is 21.4. The zero-order valence-corrected chi connectivity index (χ0v) is 18.4. The fraction of sp³-hybridized carbons (Fsp3) is 0.318. The van der Waals surface area contributed by atoms with Gasteiger partial charge in [-0.05, 0) is 62.0 Å². The molecule has 4 aromatic rings. The Morgan fingerprint density at radius 1 is 1.23 bits per heavy atom. The molecule has 1 atom stereocenters. The van der Waals surface area contributed by atoms with Crippen molar-refractivity contribution in [2.75, 3.05) is 19.6 Å². The lowest BCUT2D eigenvalue weighted by atomic mass is 10.1. The van der Waals surface area contributed by atoms with Crippen LogP contribution in [0, 0.1) is 5.82 Å². The number of halogens is 1. The molecule has 0 radical (unpaired) electrons. The summed E-state index contributed by atoms with van der Waals surface area (Å²) in [6.07, 6.45) is 2.39. The van der Waals surface area contributed by atoms with E-state index in [1.54, 1.807) is 12.1 Å². The van der Waals surface area contributed by atoms with E-state index in [0.717, 1.165) is 53.5 Å². The van der Waals surface area contributed by atoms with E-state index < -0.39 is 10.0 Å². The van der Waals surface area contributed by atoms with Gasteiger partial charge < -0.3 is 9.42 Å². The number of hydrogen-bond donors (Lipinski definition) is 1. The third kappa shape index (κ3) is 4.36. The first-order valence-corrected chi connectivity index (χ1v) is 12.5. The maximum Gasteiger partial charge on any atom is 0.250 e. The second-order valence-electron chi connectivity index (χ2n) is 7.88. The maximum atomic E-state index is 13.3. The quantitative estimate of drug-likeness (QED) is 0.449. The lowest BCUT2D eigenvalue weighted by molar-refractivity contribution is 0.326. The van der Waals surface area contributed by atoms with Gasteiger partial charge >= 0.3 is 0 Å². The first-order chi connectivity index (χ1) is 15.0. The minimum atomic E-state index is -3.52. The topological polar surface area (TPSA) is 75.4 Å². The van der Waals surface area contributed by atoms with Crippen molar-refractivity contribution in [3.63, 3.8) is 0 Å². The Kier molecular flexibility index (Phi) is 5.51. The molecule has 1 saturated heterocycles. The molecule has 5 rings (SSSR count). The Morgan fingerprint density at radius 3 is 2.97 bits per heavy atom. The SMILES string of the molecule is O=S(=O)(NC1CCN(CCCc2noc3cc(F)ccc23)C1)c1cc2ccccc2s1. The Morgan fingerprint density at radius 2 is 2.10 bits per heavy atom. The van der Waals surface area contributed by atoms with Gasteiger partial charge in [-0.2, -0.15) is 0 Å². The molecule has 0 spiro atoms. The second kappa shape index (κ2) is 8.31. The molecule has 1 aliphatic heterocycles. The van der Waals surface area contributed by atoms with Crippen LogP contribution >= 0.6 is 11.3 Å². The van der Waals surface area contributed by atoms with Crippen LogP contribution in [-0.2, 0) is 16.4 Å². The average Bonchev–Trinajstić information content (AvgIpc) is 3.46. The maximum absolute atomic E-state index is 13.3. The number of benzene rings is 2. The van der Waals surface area contributed by atoms with Gasteiger partial charge in [-0.15, -0.1) is 11.3 Å². The lowest BCUT2D eigenvalue weighted by Gasteiger charge is -2.16. The summed E-state index contributed by atoms with van der Waals surface area (Å²) in [4.78, 5) is 2.26. The van der Waals surface area contributed by atoms with E-state index >= 15 is 0 Å². The zero-order valence-electron chi connectivity index (χ0n) is 16.8. The number of aromatic nitrogens is 1. The molecule has 1 unspecified atom stereocenters. The minimum absolute atomic E-state index is 0.0916. The molecule has 3 heterocycles. The van der Waals surface area contributed by atoms with Gasteiger partial charge in [-0.3, -0.25) is 0 Å². The lowest BCUT2D eigenvalue weighted by Crippen LogP contribution is -2.36. The van der Waals surface area contributed by atoms with Gasteiger partial charge in [0, 0.05) is 28.7 Å². The normalized spacial score (nSPS) is 17.8. The highest BCUT2D eigenvalue weighted by Crippen LogP contribution is 2.29. The molecule has 0 saturated carbocycles. The van der Waals surface area contributed by atoms with Gasteiger partial charge in [0.25, 0.3) is 0 Å². The Hall–Kier alpha value is -2.33. The van der Waals surface area contributed by atoms with E-state index in [1.165, 1.54) is 23.5 Å². The fourth-order valence-corrected chi connectivity index (χ4v) is 6.79. The van der Waals surface area contributed by atoms with E-state index in [9.17, 15) is 12.8 Å². The molecule has 2 aromatic heterocycles. The number of hydrogen-bond acceptors (Lipinski definition) is 6. The number of thiophene rings is 1. The standard InChI is InChI=1S/C22H22FN3O3S2/c23-16-7-8-18-19(24-29-20(18)13-16)5-3-10-26-11-9-17(14-26)25-31(27,28)22-12-15-4-1-2-6-21(15)30-22/h1-2,4,6-8,12-13,17,25H,3,5,9-11,14H2. The highest BCUT2D eigenvalue weighted by Gasteiger charge is 2.28. The number of aryl methyl sites for hydroxylation is 1. The summed E-state index contributed by atoms with van der Waals surface area (Å²) in [6.45, 7) is 2.38. The number of nitrogens with one attached hydrogen (secondary N) is 1. The van der Waals surface area contributed by atoms with Gasteiger partial charge in [0.15, 0.2) is 5.58 Å². The van der Waals surface area contributed by atoms with Crippen LogP contribution in [0.5, 0.6) is 0 Å². The van der Waals surface area contributed by atoms with E-state index in [-0.39, 0.29) is 11.9 Å². The van der Waals surface area contributed by atoms with Gasteiger partial charge in [0.05, 0.1) is 5.69 Å². The Bertz CT molecular complexity index is 1300. The molecular formula is C22H22FN3O3S2. The smallest absolute Gasteiger partial charge is 0.250 e. The summed E-state index contributed by atoms with van der Waals surface area (Å²) in [5.74, 6) is -0.337. The Labute approximate surface area is 183 Å². The van der Waals surface area contributed by atoms with Crippen LogP contribution in [0.4, 0.5) is 4.39 Å². The first-order valence-electron chi connectivity index (χ1n) is 10.2. The second-order valence-corrected chi connectivity index (χ2v) is 10.9. The highest BCUT2D eigenvalue weighted by molar-refractivity contribution is 7.91. The number of likely N-dealkylation sites (tertiary alicyclic amines) is 1. The molecule has 2 aromatic carbocycles. The predicted octanol–water partition coefficient (Wildman–Crippen LogP) is 4.17. The molecule has 6 nitrogen and oxygen atoms in total. The number of rotatable bonds is 7. The van der Waals surface area contributed by atoms with Gasteiger partial charge in [0.1, 0.15) is 10.0 Å². The number of fused-ring (bicyclic) bond motifs is 2. The number of sulfonamides is 1. The summed E-state index contributed by atoms with van der Waals surface area (Å²) in [5.41, 5.74) is 1.29. The Balaban J connectivity index is 1.15. The molecule has 0 amide bonds. The minimum Gasteiger partial charge on any atom is -0.356 e. The molecule has 31 heavy (non-hydrogen) atoms. The summed E-state index contributed by atoms with van der Waals surface area (Å²) < 4.78 is 48.3. The van der Waals surface area contributed by atoms with Crippen LogP contribution in [0.1, 0.15) is 18.5 Å². The van der Waals surface area contributed by atoms with E-state index in [0.29, 0.717) is 16.3 Å². The van der Waals surface area contributed by atoms with Crippen LogP contribution < -0.4 is 4.72 Å². The van der Waals surface area contributed by atoms with Gasteiger partial charge in [0.2, 0.25) is 10.0 Å². The monoisotopic (exact) mass is 459 g/mol. The predicted molar refractivity (Wildman–Crippen MR) is 119 cm³/mol. The highest BCUT2D eigenvalue weighted by atomic mass is 32.2. The molecule has 9 heteroatoms. The summed E-state index contributed by atoms with van der Waals surface area (Å²) >= 11 is 1.30. The summed E-state index contributed by atoms with van der Waals surface area (Å²) in [5, 5.41) is 5.86. The third-order valence-corrected chi connectivity index (χ3v) is 8.77. The van der Waals surface area contributed by atoms with E-state index in [2.05, 4.69) is 14.8 Å². The molecule has 162 valence electrons. The van der Waals surface area contributed by atoms with Crippen molar-refractivity contribution in [2.24, 2.45) is 0 Å². The molecule has 0 bridgehead atoms. The van der Waals surface area contributed by atoms with E-state index in [1.807, 2.05) is 24.3 Å². The largest absolute Gasteiger partial charge is 0.356 e. The van der Waals surface area contributed by atoms with Crippen LogP contribution in [0.3, 0.4) is 0 Å². The van der Waals surface area contributed by atoms with Crippen molar-refractivity contribution in [3.05, 3.63) is 60.0 Å². The van der Waals surface area contributed by atoms with Gasteiger partial charge in [-0.25, -0.2) is 17.5 Å². The van der Waals surface area contributed by atoms with Crippen LogP contribution in [-0.4, -0.2) is 44.2 Å². The first kappa shape index (κ1) is 20.6. The molecule has 1 fully saturated rings.